The molecule has 4 rings (SSSR count). The fourth-order valence-electron chi connectivity index (χ4n) is 3.18. The van der Waals surface area contributed by atoms with Crippen LogP contribution in [0, 0.1) is 0 Å². The normalized spacial score (nSPS) is 24.1. The molecule has 0 bridgehead atoms. The quantitative estimate of drug-likeness (QED) is 0.771. The number of ether oxygens (including phenoxy) is 2. The van der Waals surface area contributed by atoms with E-state index in [1.165, 1.54) is 16.9 Å². The molecule has 0 unspecified atom stereocenters. The third-order valence-corrected chi connectivity index (χ3v) is 4.30. The minimum Gasteiger partial charge on any atom is -0.370 e. The number of hydrogen-bond acceptors (Lipinski definition) is 4. The van der Waals surface area contributed by atoms with Gasteiger partial charge >= 0.3 is 0 Å². The van der Waals surface area contributed by atoms with Crippen LogP contribution in [-0.2, 0) is 15.9 Å². The average molecular weight is 258 g/mol. The molecule has 1 aliphatic carbocycles. The maximum atomic E-state index is 5.76. The second-order valence-corrected chi connectivity index (χ2v) is 5.43. The molecule has 3 heterocycles. The maximum absolute atomic E-state index is 5.76. The molecular formula is C15H18N2O2. The molecule has 3 aliphatic rings. The SMILES string of the molecule is C1=Cc2cc(N3CCC4(CC3)OCCO4)cnc2C1. The van der Waals surface area contributed by atoms with Crippen molar-refractivity contribution in [2.75, 3.05) is 31.2 Å². The van der Waals surface area contributed by atoms with Crippen molar-refractivity contribution in [3.05, 3.63) is 29.6 Å². The van der Waals surface area contributed by atoms with E-state index in [4.69, 9.17) is 9.47 Å². The van der Waals surface area contributed by atoms with Gasteiger partial charge in [-0.2, -0.15) is 0 Å². The van der Waals surface area contributed by atoms with Crippen molar-refractivity contribution < 1.29 is 9.47 Å². The lowest BCUT2D eigenvalue weighted by Gasteiger charge is -2.38. The van der Waals surface area contributed by atoms with Crippen molar-refractivity contribution in [1.82, 2.24) is 4.98 Å². The van der Waals surface area contributed by atoms with Crippen molar-refractivity contribution in [3.8, 4) is 0 Å². The van der Waals surface area contributed by atoms with Crippen molar-refractivity contribution in [2.24, 2.45) is 0 Å². The molecule has 100 valence electrons. The van der Waals surface area contributed by atoms with Crippen molar-refractivity contribution in [2.45, 2.75) is 25.0 Å². The van der Waals surface area contributed by atoms with Crippen LogP contribution in [-0.4, -0.2) is 37.1 Å². The number of allylic oxidation sites excluding steroid dienone is 1. The Bertz CT molecular complexity index is 511. The molecule has 0 N–H and O–H groups in total. The summed E-state index contributed by atoms with van der Waals surface area (Å²) >= 11 is 0. The Morgan fingerprint density at radius 1 is 1.16 bits per heavy atom. The molecule has 0 atom stereocenters. The number of aromatic nitrogens is 1. The second kappa shape index (κ2) is 4.32. The number of hydrogen-bond donors (Lipinski definition) is 0. The first-order valence-corrected chi connectivity index (χ1v) is 7.03. The molecule has 0 aromatic carbocycles. The largest absolute Gasteiger partial charge is 0.370 e. The molecule has 1 aromatic rings. The number of nitrogens with zero attached hydrogens (tertiary/aromatic N) is 2. The minimum absolute atomic E-state index is 0.291. The number of rotatable bonds is 1. The highest BCUT2D eigenvalue weighted by Gasteiger charge is 2.39. The van der Waals surface area contributed by atoms with Gasteiger partial charge in [-0.1, -0.05) is 12.2 Å². The van der Waals surface area contributed by atoms with Gasteiger partial charge in [0.05, 0.1) is 30.8 Å². The Morgan fingerprint density at radius 2 is 1.95 bits per heavy atom. The zero-order valence-electron chi connectivity index (χ0n) is 11.0. The summed E-state index contributed by atoms with van der Waals surface area (Å²) < 4.78 is 11.5. The number of pyridine rings is 1. The van der Waals surface area contributed by atoms with Gasteiger partial charge in [0.15, 0.2) is 5.79 Å². The summed E-state index contributed by atoms with van der Waals surface area (Å²) in [6.07, 6.45) is 9.20. The van der Waals surface area contributed by atoms with Gasteiger partial charge in [0.25, 0.3) is 0 Å². The Kier molecular flexibility index (Phi) is 2.60. The van der Waals surface area contributed by atoms with Gasteiger partial charge in [-0.25, -0.2) is 0 Å². The van der Waals surface area contributed by atoms with E-state index in [1.807, 2.05) is 6.20 Å². The summed E-state index contributed by atoms with van der Waals surface area (Å²) in [6.45, 7) is 3.44. The maximum Gasteiger partial charge on any atom is 0.171 e. The van der Waals surface area contributed by atoms with E-state index in [1.54, 1.807) is 0 Å². The van der Waals surface area contributed by atoms with Crippen LogP contribution in [0.2, 0.25) is 0 Å². The standard InChI is InChI=1S/C15H18N2O2/c1-2-12-10-13(11-16-14(12)3-1)17-6-4-15(5-7-17)18-8-9-19-15/h1-2,10-11H,3-9H2. The van der Waals surface area contributed by atoms with Gasteiger partial charge in [-0.05, 0) is 11.6 Å². The molecule has 19 heavy (non-hydrogen) atoms. The van der Waals surface area contributed by atoms with Crippen LogP contribution in [0.15, 0.2) is 18.3 Å². The number of piperidine rings is 1. The van der Waals surface area contributed by atoms with E-state index in [0.717, 1.165) is 45.6 Å². The predicted octanol–water partition coefficient (Wildman–Crippen LogP) is 1.99. The summed E-state index contributed by atoms with van der Waals surface area (Å²) in [7, 11) is 0. The van der Waals surface area contributed by atoms with E-state index >= 15 is 0 Å². The summed E-state index contributed by atoms with van der Waals surface area (Å²) in [5.41, 5.74) is 3.68. The molecule has 0 saturated carbocycles. The summed E-state index contributed by atoms with van der Waals surface area (Å²) in [5.74, 6) is -0.291. The van der Waals surface area contributed by atoms with Crippen LogP contribution in [0.1, 0.15) is 24.1 Å². The van der Waals surface area contributed by atoms with Gasteiger partial charge in [0, 0.05) is 32.4 Å². The Balaban J connectivity index is 1.50. The lowest BCUT2D eigenvalue weighted by molar-refractivity contribution is -0.169. The van der Waals surface area contributed by atoms with Gasteiger partial charge < -0.3 is 14.4 Å². The Morgan fingerprint density at radius 3 is 2.74 bits per heavy atom. The third-order valence-electron chi connectivity index (χ3n) is 4.30. The van der Waals surface area contributed by atoms with Crippen molar-refractivity contribution in [1.29, 1.82) is 0 Å². The van der Waals surface area contributed by atoms with Crippen molar-refractivity contribution >= 4 is 11.8 Å². The number of fused-ring (bicyclic) bond motifs is 1. The Hall–Kier alpha value is -1.39. The fourth-order valence-corrected chi connectivity index (χ4v) is 3.18. The molecule has 1 spiro atoms. The monoisotopic (exact) mass is 258 g/mol. The summed E-state index contributed by atoms with van der Waals surface area (Å²) in [4.78, 5) is 6.94. The molecule has 1 aromatic heterocycles. The zero-order valence-corrected chi connectivity index (χ0v) is 11.0. The minimum atomic E-state index is -0.291. The van der Waals surface area contributed by atoms with Crippen molar-refractivity contribution in [3.63, 3.8) is 0 Å². The first-order chi connectivity index (χ1) is 9.35. The third kappa shape index (κ3) is 1.95. The van der Waals surface area contributed by atoms with E-state index in [2.05, 4.69) is 28.1 Å². The predicted molar refractivity (Wildman–Crippen MR) is 73.1 cm³/mol. The molecule has 4 nitrogen and oxygen atoms in total. The molecule has 0 radical (unpaired) electrons. The van der Waals surface area contributed by atoms with Crippen LogP contribution < -0.4 is 4.90 Å². The fraction of sp³-hybridized carbons (Fsp3) is 0.533. The number of anilines is 1. The van der Waals surface area contributed by atoms with Gasteiger partial charge in [-0.3, -0.25) is 4.98 Å². The summed E-state index contributed by atoms with van der Waals surface area (Å²) in [5, 5.41) is 0. The topological polar surface area (TPSA) is 34.6 Å². The molecule has 2 saturated heterocycles. The van der Waals surface area contributed by atoms with Crippen LogP contribution >= 0.6 is 0 Å². The van der Waals surface area contributed by atoms with Gasteiger partial charge in [0.1, 0.15) is 0 Å². The first kappa shape index (κ1) is 11.4. The first-order valence-electron chi connectivity index (χ1n) is 7.03. The smallest absolute Gasteiger partial charge is 0.171 e. The van der Waals surface area contributed by atoms with Crippen LogP contribution in [0.4, 0.5) is 5.69 Å². The molecule has 2 aliphatic heterocycles. The molecular weight excluding hydrogens is 240 g/mol. The van der Waals surface area contributed by atoms with E-state index in [-0.39, 0.29) is 5.79 Å². The molecule has 2 fully saturated rings. The van der Waals surface area contributed by atoms with Crippen LogP contribution in [0.5, 0.6) is 0 Å². The van der Waals surface area contributed by atoms with Crippen LogP contribution in [0.25, 0.3) is 6.08 Å². The second-order valence-electron chi connectivity index (χ2n) is 5.43. The lowest BCUT2D eigenvalue weighted by Crippen LogP contribution is -2.45. The van der Waals surface area contributed by atoms with Crippen LogP contribution in [0.3, 0.4) is 0 Å². The zero-order chi connectivity index (χ0) is 12.7. The highest BCUT2D eigenvalue weighted by molar-refractivity contribution is 5.63. The molecule has 4 heteroatoms. The van der Waals surface area contributed by atoms with E-state index in [0.29, 0.717) is 0 Å². The summed E-state index contributed by atoms with van der Waals surface area (Å²) in [6, 6.07) is 2.25. The van der Waals surface area contributed by atoms with Gasteiger partial charge in [-0.15, -0.1) is 0 Å². The Labute approximate surface area is 113 Å². The van der Waals surface area contributed by atoms with E-state index < -0.39 is 0 Å². The highest BCUT2D eigenvalue weighted by Crippen LogP contribution is 2.33. The average Bonchev–Trinajstić information content (AvgIpc) is 3.08. The molecule has 0 amide bonds. The lowest BCUT2D eigenvalue weighted by atomic mass is 10.0. The van der Waals surface area contributed by atoms with Gasteiger partial charge in [0.2, 0.25) is 0 Å². The highest BCUT2D eigenvalue weighted by atomic mass is 16.7. The van der Waals surface area contributed by atoms with E-state index in [9.17, 15) is 0 Å².